The predicted molar refractivity (Wildman–Crippen MR) is 137 cm³/mol. The monoisotopic (exact) mass is 497 g/mol. The number of esters is 1. The molecule has 0 aliphatic carbocycles. The Morgan fingerprint density at radius 3 is 2.43 bits per heavy atom. The van der Waals surface area contributed by atoms with E-state index in [1.165, 1.54) is 18.5 Å². The van der Waals surface area contributed by atoms with Crippen molar-refractivity contribution in [3.8, 4) is 11.5 Å². The molecule has 0 aliphatic rings. The molecule has 2 amide bonds. The van der Waals surface area contributed by atoms with Crippen molar-refractivity contribution in [1.82, 2.24) is 5.43 Å². The standard InChI is InChI=1S/C28H23N3O6/c1-2-35-25-17-19(14-15-23(25)37-28(34)20-9-4-3-5-10-20)18-29-31-26(32)21-11-6-7-12-22(21)30-27(33)24-13-8-16-36-24/h3-18H,2H2,1H3,(H,30,33)(H,31,32)/b29-18-. The van der Waals surface area contributed by atoms with Gasteiger partial charge >= 0.3 is 5.97 Å². The summed E-state index contributed by atoms with van der Waals surface area (Å²) in [4.78, 5) is 37.4. The summed E-state index contributed by atoms with van der Waals surface area (Å²) >= 11 is 0. The van der Waals surface area contributed by atoms with Crippen LogP contribution < -0.4 is 20.2 Å². The molecule has 186 valence electrons. The van der Waals surface area contributed by atoms with Gasteiger partial charge in [0.25, 0.3) is 11.8 Å². The lowest BCUT2D eigenvalue weighted by Gasteiger charge is -2.11. The quantitative estimate of drug-likeness (QED) is 0.147. The van der Waals surface area contributed by atoms with Gasteiger partial charge in [-0.15, -0.1) is 0 Å². The van der Waals surface area contributed by atoms with Crippen LogP contribution in [-0.4, -0.2) is 30.6 Å². The number of amides is 2. The average molecular weight is 498 g/mol. The van der Waals surface area contributed by atoms with Gasteiger partial charge in [0.2, 0.25) is 0 Å². The van der Waals surface area contributed by atoms with Crippen LogP contribution in [0.1, 0.15) is 43.8 Å². The van der Waals surface area contributed by atoms with E-state index in [0.717, 1.165) is 0 Å². The van der Waals surface area contributed by atoms with Crippen LogP contribution in [-0.2, 0) is 0 Å². The average Bonchev–Trinajstić information content (AvgIpc) is 3.46. The fourth-order valence-electron chi connectivity index (χ4n) is 3.30. The molecule has 1 heterocycles. The molecular weight excluding hydrogens is 474 g/mol. The number of furan rings is 1. The van der Waals surface area contributed by atoms with Crippen molar-refractivity contribution >= 4 is 29.7 Å². The van der Waals surface area contributed by atoms with Crippen molar-refractivity contribution in [2.45, 2.75) is 6.92 Å². The van der Waals surface area contributed by atoms with Gasteiger partial charge in [-0.05, 0) is 67.1 Å². The second-order valence-corrected chi connectivity index (χ2v) is 7.57. The van der Waals surface area contributed by atoms with E-state index in [-0.39, 0.29) is 17.1 Å². The molecule has 3 aromatic carbocycles. The molecule has 0 spiro atoms. The Labute approximate surface area is 212 Å². The summed E-state index contributed by atoms with van der Waals surface area (Å²) in [5.74, 6) is -0.772. The van der Waals surface area contributed by atoms with Gasteiger partial charge in [-0.3, -0.25) is 9.59 Å². The summed E-state index contributed by atoms with van der Waals surface area (Å²) in [6.45, 7) is 2.17. The van der Waals surface area contributed by atoms with Crippen LogP contribution in [0.25, 0.3) is 0 Å². The van der Waals surface area contributed by atoms with Crippen molar-refractivity contribution in [1.29, 1.82) is 0 Å². The summed E-state index contributed by atoms with van der Waals surface area (Å²) in [5, 5.41) is 6.66. The van der Waals surface area contributed by atoms with Crippen LogP contribution in [0.4, 0.5) is 5.69 Å². The third-order valence-corrected chi connectivity index (χ3v) is 5.02. The number of anilines is 1. The Morgan fingerprint density at radius 1 is 0.892 bits per heavy atom. The second-order valence-electron chi connectivity index (χ2n) is 7.57. The van der Waals surface area contributed by atoms with Gasteiger partial charge in [-0.2, -0.15) is 5.10 Å². The van der Waals surface area contributed by atoms with E-state index in [1.54, 1.807) is 72.8 Å². The number of nitrogens with one attached hydrogen (secondary N) is 2. The highest BCUT2D eigenvalue weighted by Crippen LogP contribution is 2.29. The van der Waals surface area contributed by atoms with Crippen molar-refractivity contribution in [3.63, 3.8) is 0 Å². The van der Waals surface area contributed by atoms with Gasteiger partial charge in [-0.1, -0.05) is 30.3 Å². The maximum Gasteiger partial charge on any atom is 0.343 e. The number of hydrogen-bond donors (Lipinski definition) is 2. The first-order valence-corrected chi connectivity index (χ1v) is 11.4. The molecule has 0 aliphatic heterocycles. The Balaban J connectivity index is 1.43. The summed E-state index contributed by atoms with van der Waals surface area (Å²) in [6.07, 6.45) is 2.81. The number of carbonyl (C=O) groups excluding carboxylic acids is 3. The number of benzene rings is 3. The van der Waals surface area contributed by atoms with Gasteiger partial charge in [0, 0.05) is 0 Å². The second kappa shape index (κ2) is 12.0. The van der Waals surface area contributed by atoms with Gasteiger partial charge in [0.15, 0.2) is 17.3 Å². The van der Waals surface area contributed by atoms with Crippen molar-refractivity contribution in [2.75, 3.05) is 11.9 Å². The van der Waals surface area contributed by atoms with E-state index in [4.69, 9.17) is 13.9 Å². The minimum atomic E-state index is -0.523. The summed E-state index contributed by atoms with van der Waals surface area (Å²) in [7, 11) is 0. The fourth-order valence-corrected chi connectivity index (χ4v) is 3.30. The molecule has 0 atom stereocenters. The number of hydrazone groups is 1. The normalized spacial score (nSPS) is 10.6. The zero-order chi connectivity index (χ0) is 26.0. The van der Waals surface area contributed by atoms with Crippen molar-refractivity contribution < 1.29 is 28.3 Å². The van der Waals surface area contributed by atoms with Gasteiger partial charge < -0.3 is 19.2 Å². The van der Waals surface area contributed by atoms with Gasteiger partial charge in [0.1, 0.15) is 0 Å². The van der Waals surface area contributed by atoms with Gasteiger partial charge in [0.05, 0.1) is 35.9 Å². The highest BCUT2D eigenvalue weighted by Gasteiger charge is 2.16. The summed E-state index contributed by atoms with van der Waals surface area (Å²) in [6, 6.07) is 23.2. The molecule has 2 N–H and O–H groups in total. The SMILES string of the molecule is CCOc1cc(/C=N\NC(=O)c2ccccc2NC(=O)c2ccco2)ccc1OC(=O)c1ccccc1. The Hall–Kier alpha value is -5.18. The number of nitrogens with zero attached hydrogens (tertiary/aromatic N) is 1. The molecule has 0 fully saturated rings. The van der Waals surface area contributed by atoms with Crippen molar-refractivity contribution in [3.05, 3.63) is 114 Å². The van der Waals surface area contributed by atoms with Crippen LogP contribution in [0.15, 0.2) is 101 Å². The Morgan fingerprint density at radius 2 is 1.68 bits per heavy atom. The van der Waals surface area contributed by atoms with E-state index in [0.29, 0.717) is 29.2 Å². The van der Waals surface area contributed by atoms with E-state index in [1.807, 2.05) is 13.0 Å². The first-order chi connectivity index (χ1) is 18.0. The highest BCUT2D eigenvalue weighted by molar-refractivity contribution is 6.08. The van der Waals surface area contributed by atoms with Crippen molar-refractivity contribution in [2.24, 2.45) is 5.10 Å². The van der Waals surface area contributed by atoms with Crippen LogP contribution in [0.2, 0.25) is 0 Å². The zero-order valence-electron chi connectivity index (χ0n) is 19.8. The molecule has 0 radical (unpaired) electrons. The van der Waals surface area contributed by atoms with Crippen LogP contribution in [0.3, 0.4) is 0 Å². The van der Waals surface area contributed by atoms with Crippen LogP contribution in [0, 0.1) is 0 Å². The molecule has 0 saturated heterocycles. The van der Waals surface area contributed by atoms with Crippen LogP contribution in [0.5, 0.6) is 11.5 Å². The molecule has 4 rings (SSSR count). The summed E-state index contributed by atoms with van der Waals surface area (Å²) < 4.78 is 16.2. The van der Waals surface area contributed by atoms with E-state index in [9.17, 15) is 14.4 Å². The number of para-hydroxylation sites is 1. The van der Waals surface area contributed by atoms with E-state index >= 15 is 0 Å². The predicted octanol–water partition coefficient (Wildman–Crippen LogP) is 4.91. The molecule has 4 aromatic rings. The first-order valence-electron chi connectivity index (χ1n) is 11.4. The molecule has 0 bridgehead atoms. The number of ether oxygens (including phenoxy) is 2. The van der Waals surface area contributed by atoms with Crippen LogP contribution >= 0.6 is 0 Å². The minimum absolute atomic E-state index is 0.122. The summed E-state index contributed by atoms with van der Waals surface area (Å²) in [5.41, 5.74) is 3.99. The minimum Gasteiger partial charge on any atom is -0.490 e. The highest BCUT2D eigenvalue weighted by atomic mass is 16.6. The molecule has 9 nitrogen and oxygen atoms in total. The number of rotatable bonds is 9. The molecule has 37 heavy (non-hydrogen) atoms. The third kappa shape index (κ3) is 6.49. The molecule has 0 saturated carbocycles. The fraction of sp³-hybridized carbons (Fsp3) is 0.0714. The maximum atomic E-state index is 12.7. The third-order valence-electron chi connectivity index (χ3n) is 5.02. The molecule has 1 aromatic heterocycles. The maximum absolute atomic E-state index is 12.7. The lowest BCUT2D eigenvalue weighted by molar-refractivity contribution is 0.0728. The van der Waals surface area contributed by atoms with E-state index in [2.05, 4.69) is 15.8 Å². The van der Waals surface area contributed by atoms with Gasteiger partial charge in [-0.25, -0.2) is 10.2 Å². The Bertz CT molecular complexity index is 1420. The first kappa shape index (κ1) is 24.9. The number of hydrogen-bond acceptors (Lipinski definition) is 7. The zero-order valence-corrected chi connectivity index (χ0v) is 19.8. The lowest BCUT2D eigenvalue weighted by Crippen LogP contribution is -2.21. The number of carbonyl (C=O) groups is 3. The molecular formula is C28H23N3O6. The topological polar surface area (TPSA) is 119 Å². The molecule has 0 unspecified atom stereocenters. The Kier molecular flexibility index (Phi) is 8.07. The smallest absolute Gasteiger partial charge is 0.343 e. The largest absolute Gasteiger partial charge is 0.490 e. The molecule has 9 heteroatoms. The van der Waals surface area contributed by atoms with E-state index < -0.39 is 17.8 Å². The lowest BCUT2D eigenvalue weighted by atomic mass is 10.1.